The Morgan fingerprint density at radius 3 is 2.70 bits per heavy atom. The molecule has 0 spiro atoms. The summed E-state index contributed by atoms with van der Waals surface area (Å²) in [4.78, 5) is 11.0. The number of anilines is 1. The van der Waals surface area contributed by atoms with Crippen molar-refractivity contribution in [2.45, 2.75) is 25.0 Å². The van der Waals surface area contributed by atoms with Crippen molar-refractivity contribution in [3.05, 3.63) is 65.2 Å². The van der Waals surface area contributed by atoms with Crippen LogP contribution in [0.3, 0.4) is 0 Å². The van der Waals surface area contributed by atoms with E-state index in [1.54, 1.807) is 12.1 Å². The molecule has 0 bridgehead atoms. The summed E-state index contributed by atoms with van der Waals surface area (Å²) < 4.78 is 6.09. The van der Waals surface area contributed by atoms with Crippen molar-refractivity contribution >= 4 is 11.7 Å². The zero-order chi connectivity index (χ0) is 15.8. The second kappa shape index (κ2) is 5.70. The van der Waals surface area contributed by atoms with Gasteiger partial charge in [-0.15, -0.1) is 0 Å². The molecule has 4 rings (SSSR count). The number of carboxylic acid groups (broad SMARTS) is 1. The zero-order valence-electron chi connectivity index (χ0n) is 12.7. The predicted octanol–water partition coefficient (Wildman–Crippen LogP) is 4.02. The molecule has 2 aliphatic heterocycles. The first-order valence-electron chi connectivity index (χ1n) is 8.04. The van der Waals surface area contributed by atoms with Gasteiger partial charge in [-0.2, -0.15) is 0 Å². The number of carboxylic acids is 1. The summed E-state index contributed by atoms with van der Waals surface area (Å²) in [6, 6.07) is 15.6. The van der Waals surface area contributed by atoms with Crippen molar-refractivity contribution in [3.8, 4) is 0 Å². The molecule has 1 saturated heterocycles. The highest BCUT2D eigenvalue weighted by Crippen LogP contribution is 2.48. The lowest BCUT2D eigenvalue weighted by Gasteiger charge is -2.43. The zero-order valence-corrected chi connectivity index (χ0v) is 12.7. The number of para-hydroxylation sites is 1. The number of benzene rings is 2. The molecule has 0 aliphatic carbocycles. The van der Waals surface area contributed by atoms with Gasteiger partial charge < -0.3 is 15.2 Å². The van der Waals surface area contributed by atoms with Gasteiger partial charge in [0.2, 0.25) is 0 Å². The summed E-state index contributed by atoms with van der Waals surface area (Å²) in [6.45, 7) is 0.806. The van der Waals surface area contributed by atoms with Crippen LogP contribution in [0.2, 0.25) is 0 Å². The van der Waals surface area contributed by atoms with Crippen LogP contribution in [-0.4, -0.2) is 17.7 Å². The fraction of sp³-hybridized carbons (Fsp3) is 0.316. The third-order valence-corrected chi connectivity index (χ3v) is 4.89. The molecule has 1 fully saturated rings. The van der Waals surface area contributed by atoms with Crippen LogP contribution in [0, 0.1) is 5.92 Å². The lowest BCUT2D eigenvalue weighted by molar-refractivity contribution is -0.0381. The van der Waals surface area contributed by atoms with E-state index in [0.717, 1.165) is 30.7 Å². The van der Waals surface area contributed by atoms with Gasteiger partial charge in [-0.05, 0) is 36.6 Å². The molecule has 2 aliphatic rings. The molecular weight excluding hydrogens is 290 g/mol. The molecular formula is C19H19NO3. The molecule has 0 saturated carbocycles. The Morgan fingerprint density at radius 2 is 1.91 bits per heavy atom. The number of fused-ring (bicyclic) bond motifs is 3. The average molecular weight is 309 g/mol. The Labute approximate surface area is 135 Å². The second-order valence-electron chi connectivity index (χ2n) is 6.23. The molecule has 118 valence electrons. The van der Waals surface area contributed by atoms with Crippen LogP contribution in [0.5, 0.6) is 0 Å². The molecule has 4 heteroatoms. The molecule has 2 heterocycles. The quantitative estimate of drug-likeness (QED) is 0.879. The summed E-state index contributed by atoms with van der Waals surface area (Å²) in [5, 5.41) is 12.7. The van der Waals surface area contributed by atoms with Crippen LogP contribution in [-0.2, 0) is 4.74 Å². The van der Waals surface area contributed by atoms with Gasteiger partial charge in [0, 0.05) is 23.8 Å². The van der Waals surface area contributed by atoms with Crippen LogP contribution in [0.4, 0.5) is 5.69 Å². The Balaban J connectivity index is 1.72. The fourth-order valence-corrected chi connectivity index (χ4v) is 3.78. The lowest BCUT2D eigenvalue weighted by Crippen LogP contribution is -2.35. The molecule has 23 heavy (non-hydrogen) atoms. The molecule has 2 aromatic carbocycles. The van der Waals surface area contributed by atoms with Crippen molar-refractivity contribution in [1.82, 2.24) is 0 Å². The molecule has 0 amide bonds. The van der Waals surface area contributed by atoms with Crippen molar-refractivity contribution in [2.24, 2.45) is 5.92 Å². The third-order valence-electron chi connectivity index (χ3n) is 4.89. The van der Waals surface area contributed by atoms with Gasteiger partial charge in [-0.1, -0.05) is 30.3 Å². The topological polar surface area (TPSA) is 58.6 Å². The van der Waals surface area contributed by atoms with E-state index >= 15 is 0 Å². The SMILES string of the molecule is O=C(O)c1ccc([C@H]2Nc3ccccc3C3OCCC[C@H]32)cc1. The maximum absolute atomic E-state index is 11.0. The number of aromatic carboxylic acids is 1. The van der Waals surface area contributed by atoms with Crippen LogP contribution in [0.15, 0.2) is 48.5 Å². The number of ether oxygens (including phenoxy) is 1. The number of nitrogens with one attached hydrogen (secondary N) is 1. The smallest absolute Gasteiger partial charge is 0.335 e. The van der Waals surface area contributed by atoms with Crippen LogP contribution in [0.1, 0.15) is 46.5 Å². The number of hydrogen-bond donors (Lipinski definition) is 2. The van der Waals surface area contributed by atoms with E-state index < -0.39 is 5.97 Å². The van der Waals surface area contributed by atoms with E-state index in [0.29, 0.717) is 11.5 Å². The Morgan fingerprint density at radius 1 is 1.13 bits per heavy atom. The second-order valence-corrected chi connectivity index (χ2v) is 6.23. The van der Waals surface area contributed by atoms with Gasteiger partial charge >= 0.3 is 5.97 Å². The van der Waals surface area contributed by atoms with Gasteiger partial charge in [0.1, 0.15) is 0 Å². The molecule has 1 unspecified atom stereocenters. The summed E-state index contributed by atoms with van der Waals surface area (Å²) in [7, 11) is 0. The minimum atomic E-state index is -0.891. The first kappa shape index (κ1) is 14.3. The summed E-state index contributed by atoms with van der Waals surface area (Å²) in [6.07, 6.45) is 2.29. The molecule has 4 nitrogen and oxygen atoms in total. The molecule has 3 atom stereocenters. The molecule has 0 aromatic heterocycles. The Hall–Kier alpha value is -2.33. The summed E-state index contributed by atoms with van der Waals surface area (Å²) >= 11 is 0. The van der Waals surface area contributed by atoms with E-state index in [-0.39, 0.29) is 12.1 Å². The van der Waals surface area contributed by atoms with Crippen molar-refractivity contribution in [1.29, 1.82) is 0 Å². The maximum atomic E-state index is 11.0. The Bertz CT molecular complexity index is 726. The van der Waals surface area contributed by atoms with Gasteiger partial charge in [0.15, 0.2) is 0 Å². The minimum Gasteiger partial charge on any atom is -0.478 e. The predicted molar refractivity (Wildman–Crippen MR) is 87.6 cm³/mol. The molecule has 2 N–H and O–H groups in total. The number of rotatable bonds is 2. The third kappa shape index (κ3) is 2.49. The highest BCUT2D eigenvalue weighted by Gasteiger charge is 2.39. The van der Waals surface area contributed by atoms with Crippen LogP contribution >= 0.6 is 0 Å². The van der Waals surface area contributed by atoms with Gasteiger partial charge in [0.05, 0.1) is 17.7 Å². The first-order valence-corrected chi connectivity index (χ1v) is 8.04. The van der Waals surface area contributed by atoms with Crippen molar-refractivity contribution in [2.75, 3.05) is 11.9 Å². The largest absolute Gasteiger partial charge is 0.478 e. The van der Waals surface area contributed by atoms with E-state index in [4.69, 9.17) is 9.84 Å². The van der Waals surface area contributed by atoms with E-state index in [1.807, 2.05) is 18.2 Å². The molecule has 2 aromatic rings. The number of carbonyl (C=O) groups is 1. The fourth-order valence-electron chi connectivity index (χ4n) is 3.78. The van der Waals surface area contributed by atoms with Gasteiger partial charge in [0.25, 0.3) is 0 Å². The van der Waals surface area contributed by atoms with E-state index in [9.17, 15) is 4.79 Å². The van der Waals surface area contributed by atoms with Crippen molar-refractivity contribution in [3.63, 3.8) is 0 Å². The van der Waals surface area contributed by atoms with Crippen molar-refractivity contribution < 1.29 is 14.6 Å². The summed E-state index contributed by atoms with van der Waals surface area (Å²) in [5.74, 6) is -0.522. The standard InChI is InChI=1S/C19H19NO3/c21-19(22)13-9-7-12(8-10-13)17-15-5-3-11-23-18(15)14-4-1-2-6-16(14)20-17/h1-2,4,6-10,15,17-18,20H,3,5,11H2,(H,21,22)/t15-,17+,18?/m0/s1. The summed E-state index contributed by atoms with van der Waals surface area (Å²) in [5.41, 5.74) is 3.78. The van der Waals surface area contributed by atoms with E-state index in [1.165, 1.54) is 5.56 Å². The maximum Gasteiger partial charge on any atom is 0.335 e. The first-order chi connectivity index (χ1) is 11.2. The normalized spacial score (nSPS) is 25.8. The number of hydrogen-bond acceptors (Lipinski definition) is 3. The molecule has 0 radical (unpaired) electrons. The Kier molecular flexibility index (Phi) is 3.54. The van der Waals surface area contributed by atoms with Crippen LogP contribution < -0.4 is 5.32 Å². The average Bonchev–Trinajstić information content (AvgIpc) is 2.61. The lowest BCUT2D eigenvalue weighted by atomic mass is 9.77. The van der Waals surface area contributed by atoms with Crippen LogP contribution in [0.25, 0.3) is 0 Å². The van der Waals surface area contributed by atoms with Gasteiger partial charge in [-0.3, -0.25) is 0 Å². The highest BCUT2D eigenvalue weighted by molar-refractivity contribution is 5.87. The monoisotopic (exact) mass is 309 g/mol. The highest BCUT2D eigenvalue weighted by atomic mass is 16.5. The minimum absolute atomic E-state index is 0.116. The van der Waals surface area contributed by atoms with E-state index in [2.05, 4.69) is 23.5 Å². The van der Waals surface area contributed by atoms with Gasteiger partial charge in [-0.25, -0.2) is 4.79 Å².